The zero-order valence-electron chi connectivity index (χ0n) is 17.4. The van der Waals surface area contributed by atoms with Crippen LogP contribution in [0.5, 0.6) is 5.75 Å². The summed E-state index contributed by atoms with van der Waals surface area (Å²) < 4.78 is 7.03. The van der Waals surface area contributed by atoms with Gasteiger partial charge in [-0.3, -0.25) is 14.4 Å². The van der Waals surface area contributed by atoms with Crippen LogP contribution in [0.25, 0.3) is 10.6 Å². The molecule has 1 amide bonds. The Hall–Kier alpha value is -2.71. The van der Waals surface area contributed by atoms with E-state index in [1.54, 1.807) is 23.4 Å². The predicted molar refractivity (Wildman–Crippen MR) is 118 cm³/mol. The smallest absolute Gasteiger partial charge is 0.270 e. The Morgan fingerprint density at radius 3 is 2.67 bits per heavy atom. The van der Waals surface area contributed by atoms with E-state index in [0.717, 1.165) is 29.4 Å². The summed E-state index contributed by atoms with van der Waals surface area (Å²) in [7, 11) is 3.54. The first kappa shape index (κ1) is 20.6. The van der Waals surface area contributed by atoms with Crippen LogP contribution in [0.15, 0.2) is 42.0 Å². The Balaban J connectivity index is 1.46. The van der Waals surface area contributed by atoms with Crippen molar-refractivity contribution in [2.45, 2.75) is 25.3 Å². The number of carbonyl (C=O) groups is 1. The minimum atomic E-state index is -0.142. The van der Waals surface area contributed by atoms with Crippen molar-refractivity contribution in [2.75, 3.05) is 26.7 Å². The molecule has 30 heavy (non-hydrogen) atoms. The molecule has 8 heteroatoms. The van der Waals surface area contributed by atoms with Gasteiger partial charge in [0.15, 0.2) is 0 Å². The van der Waals surface area contributed by atoms with E-state index in [-0.39, 0.29) is 11.9 Å². The average Bonchev–Trinajstić information content (AvgIpc) is 3.44. The number of rotatable bonds is 7. The molecule has 1 aliphatic rings. The number of carbonyl (C=O) groups excluding carboxylic acids is 1. The molecule has 1 unspecified atom stereocenters. The third-order valence-corrected chi connectivity index (χ3v) is 6.37. The Bertz CT molecular complexity index is 976. The highest BCUT2D eigenvalue weighted by Gasteiger charge is 2.23. The van der Waals surface area contributed by atoms with E-state index in [4.69, 9.17) is 4.74 Å². The maximum absolute atomic E-state index is 12.8. The Morgan fingerprint density at radius 1 is 1.23 bits per heavy atom. The summed E-state index contributed by atoms with van der Waals surface area (Å²) in [4.78, 5) is 19.8. The summed E-state index contributed by atoms with van der Waals surface area (Å²) in [5, 5.41) is 9.89. The lowest BCUT2D eigenvalue weighted by Crippen LogP contribution is -2.40. The second-order valence-electron chi connectivity index (χ2n) is 7.54. The second kappa shape index (κ2) is 9.40. The van der Waals surface area contributed by atoms with Crippen LogP contribution in [0.2, 0.25) is 0 Å². The van der Waals surface area contributed by atoms with E-state index >= 15 is 0 Å². The van der Waals surface area contributed by atoms with Crippen LogP contribution in [-0.2, 0) is 7.05 Å². The predicted octanol–water partition coefficient (Wildman–Crippen LogP) is 3.51. The van der Waals surface area contributed by atoms with E-state index in [1.807, 2.05) is 25.4 Å². The van der Waals surface area contributed by atoms with Crippen molar-refractivity contribution in [3.05, 3.63) is 53.3 Å². The lowest BCUT2D eigenvalue weighted by atomic mass is 10.0. The Kier molecular flexibility index (Phi) is 6.44. The second-order valence-corrected chi connectivity index (χ2v) is 8.39. The fourth-order valence-electron chi connectivity index (χ4n) is 3.84. The summed E-state index contributed by atoms with van der Waals surface area (Å²) >= 11 is 1.46. The first-order valence-electron chi connectivity index (χ1n) is 10.2. The molecule has 0 bridgehead atoms. The molecule has 1 saturated heterocycles. The SMILES string of the molecule is COc1ccc(C(CNC(=O)c2csc(-c3cnn(C)c3)n2)N2CCCCC2)cc1. The first-order chi connectivity index (χ1) is 14.6. The highest BCUT2D eigenvalue weighted by Crippen LogP contribution is 2.26. The lowest BCUT2D eigenvalue weighted by molar-refractivity contribution is 0.0920. The standard InChI is InChI=1S/C22H27N5O2S/c1-26-14-17(12-24-26)22-25-19(15-30-22)21(28)23-13-20(27-10-4-3-5-11-27)16-6-8-18(29-2)9-7-16/h6-9,12,14-15,20H,3-5,10-11,13H2,1-2H3,(H,23,28). The number of likely N-dealkylation sites (tertiary alicyclic amines) is 1. The van der Waals surface area contributed by atoms with Gasteiger partial charge in [-0.15, -0.1) is 11.3 Å². The molecule has 7 nitrogen and oxygen atoms in total. The molecule has 0 spiro atoms. The van der Waals surface area contributed by atoms with E-state index < -0.39 is 0 Å². The van der Waals surface area contributed by atoms with Gasteiger partial charge in [0.05, 0.1) is 19.3 Å². The third kappa shape index (κ3) is 4.71. The Labute approximate surface area is 180 Å². The number of aryl methyl sites for hydroxylation is 1. The number of hydrogen-bond acceptors (Lipinski definition) is 6. The Morgan fingerprint density at radius 2 is 2.00 bits per heavy atom. The van der Waals surface area contributed by atoms with Crippen molar-refractivity contribution in [2.24, 2.45) is 7.05 Å². The maximum Gasteiger partial charge on any atom is 0.270 e. The molecule has 3 heterocycles. The van der Waals surface area contributed by atoms with Crippen LogP contribution in [0.3, 0.4) is 0 Å². The molecule has 0 saturated carbocycles. The van der Waals surface area contributed by atoms with Gasteiger partial charge in [0.25, 0.3) is 5.91 Å². The summed E-state index contributed by atoms with van der Waals surface area (Å²) in [6.07, 6.45) is 7.32. The fraction of sp³-hybridized carbons (Fsp3) is 0.409. The molecular formula is C22H27N5O2S. The van der Waals surface area contributed by atoms with Gasteiger partial charge >= 0.3 is 0 Å². The van der Waals surface area contributed by atoms with Gasteiger partial charge in [-0.25, -0.2) is 4.98 Å². The summed E-state index contributed by atoms with van der Waals surface area (Å²) in [5.41, 5.74) is 2.56. The van der Waals surface area contributed by atoms with Gasteiger partial charge in [-0.2, -0.15) is 5.10 Å². The van der Waals surface area contributed by atoms with Crippen LogP contribution in [0.4, 0.5) is 0 Å². The molecule has 0 aliphatic carbocycles. The summed E-state index contributed by atoms with van der Waals surface area (Å²) in [6, 6.07) is 8.28. The number of piperidine rings is 1. The minimum Gasteiger partial charge on any atom is -0.497 e. The van der Waals surface area contributed by atoms with Crippen LogP contribution < -0.4 is 10.1 Å². The first-order valence-corrected chi connectivity index (χ1v) is 11.1. The average molecular weight is 426 g/mol. The van der Waals surface area contributed by atoms with E-state index in [2.05, 4.69) is 32.4 Å². The van der Waals surface area contributed by atoms with Crippen molar-refractivity contribution in [3.8, 4) is 16.3 Å². The van der Waals surface area contributed by atoms with E-state index in [0.29, 0.717) is 12.2 Å². The number of thiazole rings is 1. The molecular weight excluding hydrogens is 398 g/mol. The van der Waals surface area contributed by atoms with Crippen LogP contribution >= 0.6 is 11.3 Å². The summed E-state index contributed by atoms with van der Waals surface area (Å²) in [5.74, 6) is 0.697. The normalized spacial score (nSPS) is 15.7. The largest absolute Gasteiger partial charge is 0.497 e. The molecule has 3 aromatic rings. The molecule has 1 atom stereocenters. The molecule has 1 fully saturated rings. The molecule has 1 aromatic carbocycles. The van der Waals surface area contributed by atoms with E-state index in [9.17, 15) is 4.79 Å². The van der Waals surface area contributed by atoms with Crippen LogP contribution in [-0.4, -0.2) is 52.3 Å². The fourth-order valence-corrected chi connectivity index (χ4v) is 4.61. The van der Waals surface area contributed by atoms with Crippen molar-refractivity contribution >= 4 is 17.2 Å². The van der Waals surface area contributed by atoms with Gasteiger partial charge < -0.3 is 10.1 Å². The lowest BCUT2D eigenvalue weighted by Gasteiger charge is -2.35. The highest BCUT2D eigenvalue weighted by molar-refractivity contribution is 7.13. The minimum absolute atomic E-state index is 0.136. The topological polar surface area (TPSA) is 72.3 Å². The van der Waals surface area contributed by atoms with Crippen LogP contribution in [0.1, 0.15) is 41.4 Å². The van der Waals surface area contributed by atoms with E-state index in [1.165, 1.54) is 36.2 Å². The van der Waals surface area contributed by atoms with Gasteiger partial charge in [-0.05, 0) is 43.6 Å². The number of benzene rings is 1. The quantitative estimate of drug-likeness (QED) is 0.627. The monoisotopic (exact) mass is 425 g/mol. The molecule has 1 aliphatic heterocycles. The maximum atomic E-state index is 12.8. The van der Waals surface area contributed by atoms with Crippen molar-refractivity contribution in [1.82, 2.24) is 25.0 Å². The van der Waals surface area contributed by atoms with Gasteiger partial charge in [-0.1, -0.05) is 18.6 Å². The van der Waals surface area contributed by atoms with Gasteiger partial charge in [0.2, 0.25) is 0 Å². The molecule has 158 valence electrons. The van der Waals surface area contributed by atoms with Crippen molar-refractivity contribution in [3.63, 3.8) is 0 Å². The highest BCUT2D eigenvalue weighted by atomic mass is 32.1. The summed E-state index contributed by atoms with van der Waals surface area (Å²) in [6.45, 7) is 2.65. The van der Waals surface area contributed by atoms with Gasteiger partial charge in [0.1, 0.15) is 16.5 Å². The molecule has 0 radical (unpaired) electrons. The molecule has 1 N–H and O–H groups in total. The zero-order chi connectivity index (χ0) is 20.9. The number of methoxy groups -OCH3 is 1. The third-order valence-electron chi connectivity index (χ3n) is 5.48. The number of nitrogens with zero attached hydrogens (tertiary/aromatic N) is 4. The molecule has 4 rings (SSSR count). The number of ether oxygens (including phenoxy) is 1. The van der Waals surface area contributed by atoms with Gasteiger partial charge in [0, 0.05) is 30.7 Å². The zero-order valence-corrected chi connectivity index (χ0v) is 18.2. The number of amides is 1. The number of aromatic nitrogens is 3. The van der Waals surface area contributed by atoms with Crippen molar-refractivity contribution < 1.29 is 9.53 Å². The number of hydrogen-bond donors (Lipinski definition) is 1. The number of nitrogens with one attached hydrogen (secondary N) is 1. The van der Waals surface area contributed by atoms with Crippen LogP contribution in [0, 0.1) is 0 Å². The molecule has 2 aromatic heterocycles. The van der Waals surface area contributed by atoms with Crippen molar-refractivity contribution in [1.29, 1.82) is 0 Å².